The molecular weight excluding hydrogens is 232 g/mol. The SMILES string of the molecule is CC(=O)NC(CNc1ccc(C)c(C)c1)C(=O)O. The first-order valence-electron chi connectivity index (χ1n) is 5.71. The van der Waals surface area contributed by atoms with Crippen molar-refractivity contribution >= 4 is 17.6 Å². The van der Waals surface area contributed by atoms with Crippen LogP contribution < -0.4 is 10.6 Å². The van der Waals surface area contributed by atoms with Gasteiger partial charge < -0.3 is 15.7 Å². The molecule has 0 spiro atoms. The first-order chi connectivity index (χ1) is 8.40. The van der Waals surface area contributed by atoms with E-state index in [9.17, 15) is 9.59 Å². The molecule has 1 aromatic carbocycles. The third kappa shape index (κ3) is 4.08. The minimum absolute atomic E-state index is 0.150. The molecule has 1 unspecified atom stereocenters. The number of rotatable bonds is 5. The van der Waals surface area contributed by atoms with E-state index < -0.39 is 12.0 Å². The summed E-state index contributed by atoms with van der Waals surface area (Å²) >= 11 is 0. The molecule has 0 aliphatic heterocycles. The lowest BCUT2D eigenvalue weighted by atomic mass is 10.1. The van der Waals surface area contributed by atoms with Gasteiger partial charge in [0.05, 0.1) is 0 Å². The van der Waals surface area contributed by atoms with Crippen LogP contribution in [0, 0.1) is 13.8 Å². The molecule has 5 heteroatoms. The van der Waals surface area contributed by atoms with E-state index in [2.05, 4.69) is 10.6 Å². The third-order valence-corrected chi connectivity index (χ3v) is 2.69. The summed E-state index contributed by atoms with van der Waals surface area (Å²) in [5.41, 5.74) is 3.15. The number of amides is 1. The van der Waals surface area contributed by atoms with Crippen LogP contribution in [-0.4, -0.2) is 29.6 Å². The van der Waals surface area contributed by atoms with E-state index in [4.69, 9.17) is 5.11 Å². The number of carbonyl (C=O) groups excluding carboxylic acids is 1. The molecule has 5 nitrogen and oxygen atoms in total. The molecule has 0 aliphatic rings. The molecular formula is C13H18N2O3. The molecule has 1 amide bonds. The van der Waals surface area contributed by atoms with Gasteiger partial charge in [-0.2, -0.15) is 0 Å². The normalized spacial score (nSPS) is 11.7. The van der Waals surface area contributed by atoms with Crippen LogP contribution in [0.25, 0.3) is 0 Å². The van der Waals surface area contributed by atoms with Gasteiger partial charge in [0, 0.05) is 19.2 Å². The average Bonchev–Trinajstić information content (AvgIpc) is 2.28. The van der Waals surface area contributed by atoms with Crippen LogP contribution in [0.2, 0.25) is 0 Å². The van der Waals surface area contributed by atoms with Crippen LogP contribution >= 0.6 is 0 Å². The van der Waals surface area contributed by atoms with Crippen LogP contribution in [-0.2, 0) is 9.59 Å². The van der Waals surface area contributed by atoms with Gasteiger partial charge in [-0.05, 0) is 37.1 Å². The minimum Gasteiger partial charge on any atom is -0.480 e. The van der Waals surface area contributed by atoms with Gasteiger partial charge in [-0.15, -0.1) is 0 Å². The largest absolute Gasteiger partial charge is 0.480 e. The Bertz CT molecular complexity index is 458. The Kier molecular flexibility index (Phi) is 4.71. The Morgan fingerprint density at radius 3 is 2.44 bits per heavy atom. The van der Waals surface area contributed by atoms with Crippen molar-refractivity contribution in [1.82, 2.24) is 5.32 Å². The number of hydrogen-bond donors (Lipinski definition) is 3. The second-order valence-corrected chi connectivity index (χ2v) is 4.27. The predicted octanol–water partition coefficient (Wildman–Crippen LogP) is 1.30. The van der Waals surface area contributed by atoms with Crippen LogP contribution in [0.1, 0.15) is 18.1 Å². The van der Waals surface area contributed by atoms with Gasteiger partial charge >= 0.3 is 5.97 Å². The quantitative estimate of drug-likeness (QED) is 0.736. The Morgan fingerprint density at radius 1 is 1.28 bits per heavy atom. The molecule has 98 valence electrons. The van der Waals surface area contributed by atoms with Crippen LogP contribution in [0.15, 0.2) is 18.2 Å². The maximum Gasteiger partial charge on any atom is 0.328 e. The number of carboxylic acid groups (broad SMARTS) is 1. The van der Waals surface area contributed by atoms with Crippen molar-refractivity contribution < 1.29 is 14.7 Å². The molecule has 0 saturated carbocycles. The minimum atomic E-state index is -1.05. The lowest BCUT2D eigenvalue weighted by molar-refractivity contribution is -0.141. The Labute approximate surface area is 106 Å². The highest BCUT2D eigenvalue weighted by Gasteiger charge is 2.17. The molecule has 0 bridgehead atoms. The van der Waals surface area contributed by atoms with Gasteiger partial charge in [-0.25, -0.2) is 4.79 Å². The van der Waals surface area contributed by atoms with E-state index in [0.29, 0.717) is 0 Å². The van der Waals surface area contributed by atoms with Gasteiger partial charge in [-0.1, -0.05) is 6.07 Å². The van der Waals surface area contributed by atoms with Gasteiger partial charge in [0.2, 0.25) is 5.91 Å². The summed E-state index contributed by atoms with van der Waals surface area (Å²) in [5.74, 6) is -1.41. The molecule has 1 atom stereocenters. The van der Waals surface area contributed by atoms with Crippen molar-refractivity contribution in [2.24, 2.45) is 0 Å². The van der Waals surface area contributed by atoms with Crippen molar-refractivity contribution in [3.63, 3.8) is 0 Å². The summed E-state index contributed by atoms with van der Waals surface area (Å²) in [4.78, 5) is 21.8. The fraction of sp³-hybridized carbons (Fsp3) is 0.385. The van der Waals surface area contributed by atoms with Crippen molar-refractivity contribution in [3.8, 4) is 0 Å². The molecule has 0 saturated heterocycles. The monoisotopic (exact) mass is 250 g/mol. The first kappa shape index (κ1) is 14.0. The highest BCUT2D eigenvalue weighted by molar-refractivity contribution is 5.82. The maximum atomic E-state index is 10.9. The number of carboxylic acids is 1. The second kappa shape index (κ2) is 6.05. The molecule has 0 aliphatic carbocycles. The fourth-order valence-corrected chi connectivity index (χ4v) is 1.52. The van der Waals surface area contributed by atoms with E-state index in [1.54, 1.807) is 0 Å². The number of aliphatic carboxylic acids is 1. The maximum absolute atomic E-state index is 10.9. The summed E-state index contributed by atoms with van der Waals surface area (Å²) < 4.78 is 0. The number of carbonyl (C=O) groups is 2. The summed E-state index contributed by atoms with van der Waals surface area (Å²) in [7, 11) is 0. The van der Waals surface area contributed by atoms with Crippen molar-refractivity contribution in [1.29, 1.82) is 0 Å². The molecule has 0 aromatic heterocycles. The first-order valence-corrected chi connectivity index (χ1v) is 5.71. The molecule has 1 rings (SSSR count). The zero-order chi connectivity index (χ0) is 13.7. The summed E-state index contributed by atoms with van der Waals surface area (Å²) in [6, 6.07) is 4.87. The topological polar surface area (TPSA) is 78.4 Å². The predicted molar refractivity (Wildman–Crippen MR) is 69.6 cm³/mol. The van der Waals surface area contributed by atoms with Gasteiger partial charge in [0.15, 0.2) is 0 Å². The average molecular weight is 250 g/mol. The molecule has 0 fully saturated rings. The number of aryl methyl sites for hydroxylation is 2. The fourth-order valence-electron chi connectivity index (χ4n) is 1.52. The smallest absolute Gasteiger partial charge is 0.328 e. The second-order valence-electron chi connectivity index (χ2n) is 4.27. The highest BCUT2D eigenvalue weighted by Crippen LogP contribution is 2.13. The number of benzene rings is 1. The van der Waals surface area contributed by atoms with Gasteiger partial charge in [0.25, 0.3) is 0 Å². The highest BCUT2D eigenvalue weighted by atomic mass is 16.4. The number of nitrogens with one attached hydrogen (secondary N) is 2. The van der Waals surface area contributed by atoms with Crippen LogP contribution in [0.5, 0.6) is 0 Å². The van der Waals surface area contributed by atoms with Crippen LogP contribution in [0.4, 0.5) is 5.69 Å². The number of anilines is 1. The van der Waals surface area contributed by atoms with Gasteiger partial charge in [0.1, 0.15) is 6.04 Å². The van der Waals surface area contributed by atoms with E-state index in [1.807, 2.05) is 32.0 Å². The van der Waals surface area contributed by atoms with Crippen molar-refractivity contribution in [2.75, 3.05) is 11.9 Å². The summed E-state index contributed by atoms with van der Waals surface area (Å²) in [5, 5.41) is 14.3. The lowest BCUT2D eigenvalue weighted by Crippen LogP contribution is -2.44. The molecule has 0 heterocycles. The van der Waals surface area contributed by atoms with Crippen LogP contribution in [0.3, 0.4) is 0 Å². The summed E-state index contributed by atoms with van der Waals surface area (Å²) in [6.45, 7) is 5.45. The third-order valence-electron chi connectivity index (χ3n) is 2.69. The Hall–Kier alpha value is -2.04. The van der Waals surface area contributed by atoms with Gasteiger partial charge in [-0.3, -0.25) is 4.79 Å². The Morgan fingerprint density at radius 2 is 1.94 bits per heavy atom. The van der Waals surface area contributed by atoms with E-state index in [-0.39, 0.29) is 12.5 Å². The van der Waals surface area contributed by atoms with E-state index in [1.165, 1.54) is 12.5 Å². The molecule has 1 aromatic rings. The van der Waals surface area contributed by atoms with Crippen molar-refractivity contribution in [2.45, 2.75) is 26.8 Å². The molecule has 0 radical (unpaired) electrons. The van der Waals surface area contributed by atoms with E-state index in [0.717, 1.165) is 11.3 Å². The molecule has 3 N–H and O–H groups in total. The lowest BCUT2D eigenvalue weighted by Gasteiger charge is -2.15. The Balaban J connectivity index is 2.64. The molecule has 18 heavy (non-hydrogen) atoms. The summed E-state index contributed by atoms with van der Waals surface area (Å²) in [6.07, 6.45) is 0. The zero-order valence-electron chi connectivity index (χ0n) is 10.8. The standard InChI is InChI=1S/C13H18N2O3/c1-8-4-5-11(6-9(8)2)14-7-12(13(17)18)15-10(3)16/h4-6,12,14H,7H2,1-3H3,(H,15,16)(H,17,18). The zero-order valence-corrected chi connectivity index (χ0v) is 10.8. The van der Waals surface area contributed by atoms with Crippen molar-refractivity contribution in [3.05, 3.63) is 29.3 Å². The number of hydrogen-bond acceptors (Lipinski definition) is 3. The van der Waals surface area contributed by atoms with E-state index >= 15 is 0 Å².